The van der Waals surface area contributed by atoms with E-state index >= 15 is 0 Å². The Balaban J connectivity index is -0.000000720. The van der Waals surface area contributed by atoms with Crippen LogP contribution in [0.2, 0.25) is 0 Å². The number of unbranched alkanes of at least 4 members (excludes halogenated alkanes) is 1. The summed E-state index contributed by atoms with van der Waals surface area (Å²) < 4.78 is 29.8. The molecule has 0 unspecified atom stereocenters. The second-order valence-electron chi connectivity index (χ2n) is 2.19. The zero-order chi connectivity index (χ0) is 10.3. The van der Waals surface area contributed by atoms with Crippen LogP contribution in [0.15, 0.2) is 12.7 Å². The maximum atomic E-state index is 10.8. The molecule has 0 amide bonds. The van der Waals surface area contributed by atoms with Gasteiger partial charge >= 0.3 is 45.9 Å². The third-order valence-electron chi connectivity index (χ3n) is 1.08. The van der Waals surface area contributed by atoms with E-state index in [1.807, 2.05) is 6.92 Å². The van der Waals surface area contributed by atoms with Gasteiger partial charge in [-0.05, 0) is 6.42 Å². The minimum absolute atomic E-state index is 0. The molecule has 0 saturated carbocycles. The minimum atomic E-state index is -4.19. The fraction of sp³-hybridized carbons (Fsp3) is 0.571. The average Bonchev–Trinajstić information content (AvgIpc) is 2.03. The Morgan fingerprint density at radius 1 is 1.57 bits per heavy atom. The molecule has 0 atom stereocenters. The summed E-state index contributed by atoms with van der Waals surface area (Å²) in [5, 5.41) is 0. The van der Waals surface area contributed by atoms with E-state index in [1.165, 1.54) is 0 Å². The van der Waals surface area contributed by atoms with E-state index in [2.05, 4.69) is 14.9 Å². The Labute approximate surface area is 108 Å². The topological polar surface area (TPSA) is 69.7 Å². The van der Waals surface area contributed by atoms with Gasteiger partial charge in [0.15, 0.2) is 0 Å². The van der Waals surface area contributed by atoms with Crippen molar-refractivity contribution in [1.29, 1.82) is 0 Å². The number of carbonyl (C=O) groups excluding carboxylic acids is 1. The molecule has 0 aliphatic rings. The maximum Gasteiger partial charge on any atom is 1.00 e. The molecular weight excluding hydrogens is 219 g/mol. The number of hydrogen-bond donors (Lipinski definition) is 0. The molecule has 0 fully saturated rings. The van der Waals surface area contributed by atoms with Gasteiger partial charge in [-0.3, -0.25) is 0 Å². The van der Waals surface area contributed by atoms with Crippen molar-refractivity contribution in [3.8, 4) is 0 Å². The SMILES string of the molecule is C=CC(=O)OS(=O)(=O)OCCCC.[H-].[Na+]. The van der Waals surface area contributed by atoms with E-state index in [4.69, 9.17) is 0 Å². The van der Waals surface area contributed by atoms with Gasteiger partial charge in [0.1, 0.15) is 0 Å². The first kappa shape index (κ1) is 16.5. The van der Waals surface area contributed by atoms with Crippen LogP contribution in [0.3, 0.4) is 0 Å². The second kappa shape index (κ2) is 8.43. The molecule has 0 aliphatic carbocycles. The van der Waals surface area contributed by atoms with Gasteiger partial charge in [-0.1, -0.05) is 19.9 Å². The molecule has 14 heavy (non-hydrogen) atoms. The van der Waals surface area contributed by atoms with Crippen LogP contribution < -0.4 is 29.6 Å². The van der Waals surface area contributed by atoms with Crippen LogP contribution in [-0.2, 0) is 23.6 Å². The molecule has 78 valence electrons. The third-order valence-corrected chi connectivity index (χ3v) is 1.90. The first-order chi connectivity index (χ1) is 6.02. The van der Waals surface area contributed by atoms with E-state index in [1.54, 1.807) is 0 Å². The van der Waals surface area contributed by atoms with E-state index in [-0.39, 0.29) is 37.6 Å². The predicted molar refractivity (Wildman–Crippen MR) is 47.2 cm³/mol. The predicted octanol–water partition coefficient (Wildman–Crippen LogP) is -2.11. The quantitative estimate of drug-likeness (QED) is 0.298. The van der Waals surface area contributed by atoms with Gasteiger partial charge in [0.2, 0.25) is 0 Å². The van der Waals surface area contributed by atoms with Gasteiger partial charge in [-0.2, -0.15) is 8.42 Å². The Hall–Kier alpha value is 0.120. The summed E-state index contributed by atoms with van der Waals surface area (Å²) in [6.45, 7) is 4.94. The van der Waals surface area contributed by atoms with Crippen LogP contribution in [0.5, 0.6) is 0 Å². The van der Waals surface area contributed by atoms with Crippen LogP contribution in [0, 0.1) is 0 Å². The molecule has 7 heteroatoms. The van der Waals surface area contributed by atoms with Gasteiger partial charge in [0.05, 0.1) is 6.61 Å². The van der Waals surface area contributed by atoms with Crippen LogP contribution in [0.1, 0.15) is 21.2 Å². The van der Waals surface area contributed by atoms with Crippen LogP contribution in [0.25, 0.3) is 0 Å². The van der Waals surface area contributed by atoms with E-state index in [9.17, 15) is 13.2 Å². The first-order valence-electron chi connectivity index (χ1n) is 3.77. The van der Waals surface area contributed by atoms with Crippen molar-refractivity contribution in [3.63, 3.8) is 0 Å². The van der Waals surface area contributed by atoms with Crippen molar-refractivity contribution in [2.24, 2.45) is 0 Å². The van der Waals surface area contributed by atoms with Crippen LogP contribution in [-0.4, -0.2) is 21.0 Å². The molecule has 0 rings (SSSR count). The van der Waals surface area contributed by atoms with Crippen LogP contribution in [0.4, 0.5) is 0 Å². The van der Waals surface area contributed by atoms with Gasteiger partial charge in [0, 0.05) is 6.08 Å². The summed E-state index contributed by atoms with van der Waals surface area (Å²) >= 11 is 0. The minimum Gasteiger partial charge on any atom is -1.00 e. The molecule has 0 saturated heterocycles. The van der Waals surface area contributed by atoms with E-state index < -0.39 is 16.4 Å². The summed E-state index contributed by atoms with van der Waals surface area (Å²) in [4.78, 5) is 10.5. The van der Waals surface area contributed by atoms with Crippen molar-refractivity contribution in [2.45, 2.75) is 19.8 Å². The van der Waals surface area contributed by atoms with Gasteiger partial charge in [-0.15, -0.1) is 0 Å². The maximum absolute atomic E-state index is 10.8. The fourth-order valence-electron chi connectivity index (χ4n) is 0.464. The number of carbonyl (C=O) groups is 1. The van der Waals surface area contributed by atoms with E-state index in [0.717, 1.165) is 12.5 Å². The Morgan fingerprint density at radius 3 is 2.57 bits per heavy atom. The Kier molecular flexibility index (Phi) is 9.96. The summed E-state index contributed by atoms with van der Waals surface area (Å²) in [6, 6.07) is 0. The molecule has 0 aromatic heterocycles. The Bertz CT molecular complexity index is 277. The van der Waals surface area contributed by atoms with Gasteiger partial charge in [-0.25, -0.2) is 8.98 Å². The zero-order valence-electron chi connectivity index (χ0n) is 9.36. The standard InChI is InChI=1S/C7H12O5S.Na.H/c1-3-5-6-11-13(9,10)12-7(8)4-2;;/h4H,2-3,5-6H2,1H3;;/q;+1;-1. The second-order valence-corrected chi connectivity index (χ2v) is 3.41. The summed E-state index contributed by atoms with van der Waals surface area (Å²) in [5.41, 5.74) is 0. The van der Waals surface area contributed by atoms with Crippen molar-refractivity contribution >= 4 is 16.4 Å². The van der Waals surface area contributed by atoms with Crippen molar-refractivity contribution < 1.29 is 52.6 Å². The molecule has 5 nitrogen and oxygen atoms in total. The molecule has 0 aliphatic heterocycles. The number of hydrogen-bond acceptors (Lipinski definition) is 5. The molecule has 0 bridgehead atoms. The van der Waals surface area contributed by atoms with Crippen molar-refractivity contribution in [1.82, 2.24) is 0 Å². The van der Waals surface area contributed by atoms with Crippen molar-refractivity contribution in [3.05, 3.63) is 12.7 Å². The zero-order valence-corrected chi connectivity index (χ0v) is 11.2. The first-order valence-corrected chi connectivity index (χ1v) is 5.10. The number of rotatable bonds is 6. The summed E-state index contributed by atoms with van der Waals surface area (Å²) in [7, 11) is -4.19. The smallest absolute Gasteiger partial charge is 1.00 e. The molecule has 0 spiro atoms. The Morgan fingerprint density at radius 2 is 2.14 bits per heavy atom. The normalized spacial score (nSPS) is 10.1. The van der Waals surface area contributed by atoms with E-state index in [0.29, 0.717) is 6.42 Å². The molecule has 0 heterocycles. The van der Waals surface area contributed by atoms with Gasteiger partial charge in [0.25, 0.3) is 0 Å². The molecule has 0 aromatic rings. The summed E-state index contributed by atoms with van der Waals surface area (Å²) in [6.07, 6.45) is 2.14. The molecule has 0 radical (unpaired) electrons. The van der Waals surface area contributed by atoms with Crippen molar-refractivity contribution in [2.75, 3.05) is 6.61 Å². The molecule has 0 N–H and O–H groups in total. The monoisotopic (exact) mass is 232 g/mol. The summed E-state index contributed by atoms with van der Waals surface area (Å²) in [5.74, 6) is -1.04. The fourth-order valence-corrected chi connectivity index (χ4v) is 1.10. The molecular formula is C7H13NaO5S. The van der Waals surface area contributed by atoms with Crippen LogP contribution >= 0.6 is 0 Å². The van der Waals surface area contributed by atoms with Gasteiger partial charge < -0.3 is 5.61 Å². The average molecular weight is 232 g/mol. The third kappa shape index (κ3) is 8.71. The largest absolute Gasteiger partial charge is 1.00 e. The molecule has 0 aromatic carbocycles.